The molecule has 1 aromatic rings. The highest BCUT2D eigenvalue weighted by molar-refractivity contribution is 5.75. The zero-order chi connectivity index (χ0) is 9.84. The zero-order valence-electron chi connectivity index (χ0n) is 7.02. The van der Waals surface area contributed by atoms with Crippen LogP contribution in [0.5, 0.6) is 0 Å². The van der Waals surface area contributed by atoms with Crippen molar-refractivity contribution in [1.82, 2.24) is 9.55 Å². The highest BCUT2D eigenvalue weighted by atomic mass is 16.1. The molecule has 0 N–H and O–H groups in total. The van der Waals surface area contributed by atoms with Gasteiger partial charge in [0.25, 0.3) is 5.56 Å². The molecule has 5 heteroatoms. The number of nitrogens with zero attached hydrogens (tertiary/aromatic N) is 3. The third kappa shape index (κ3) is 1.99. The summed E-state index contributed by atoms with van der Waals surface area (Å²) in [6.07, 6.45) is 2.42. The third-order valence-electron chi connectivity index (χ3n) is 1.41. The van der Waals surface area contributed by atoms with Gasteiger partial charge in [-0.1, -0.05) is 0 Å². The lowest BCUT2D eigenvalue weighted by molar-refractivity contribution is -0.117. The van der Waals surface area contributed by atoms with Crippen LogP contribution in [0.4, 0.5) is 0 Å². The van der Waals surface area contributed by atoms with Crippen LogP contribution in [0, 0.1) is 11.3 Å². The SMILES string of the molecule is CC(=O)Cn1cncc(C#N)c1=O. The number of carbonyl (C=O) groups excluding carboxylic acids is 1. The minimum atomic E-state index is -0.479. The van der Waals surface area contributed by atoms with Crippen molar-refractivity contribution in [3.63, 3.8) is 0 Å². The Morgan fingerprint density at radius 3 is 3.00 bits per heavy atom. The van der Waals surface area contributed by atoms with Crippen molar-refractivity contribution in [1.29, 1.82) is 5.26 Å². The summed E-state index contributed by atoms with van der Waals surface area (Å²) in [7, 11) is 0. The van der Waals surface area contributed by atoms with E-state index < -0.39 is 5.56 Å². The summed E-state index contributed by atoms with van der Waals surface area (Å²) in [4.78, 5) is 25.6. The quantitative estimate of drug-likeness (QED) is 0.621. The highest BCUT2D eigenvalue weighted by Crippen LogP contribution is 1.85. The number of aromatic nitrogens is 2. The molecule has 66 valence electrons. The number of hydrogen-bond acceptors (Lipinski definition) is 4. The number of Topliss-reactive ketones (excluding diaryl/α,β-unsaturated/α-hetero) is 1. The van der Waals surface area contributed by atoms with E-state index in [1.54, 1.807) is 6.07 Å². The lowest BCUT2D eigenvalue weighted by Crippen LogP contribution is -2.25. The smallest absolute Gasteiger partial charge is 0.271 e. The van der Waals surface area contributed by atoms with Crippen molar-refractivity contribution in [3.05, 3.63) is 28.4 Å². The average molecular weight is 177 g/mol. The predicted octanol–water partition coefficient (Wildman–Crippen LogP) is -0.296. The molecule has 1 aromatic heterocycles. The van der Waals surface area contributed by atoms with Gasteiger partial charge < -0.3 is 0 Å². The van der Waals surface area contributed by atoms with E-state index in [0.717, 1.165) is 4.57 Å². The van der Waals surface area contributed by atoms with E-state index in [1.807, 2.05) is 0 Å². The molecule has 0 fully saturated rings. The largest absolute Gasteiger partial charge is 0.298 e. The number of hydrogen-bond donors (Lipinski definition) is 0. The molecule has 0 bridgehead atoms. The van der Waals surface area contributed by atoms with Gasteiger partial charge >= 0.3 is 0 Å². The van der Waals surface area contributed by atoms with E-state index >= 15 is 0 Å². The van der Waals surface area contributed by atoms with Crippen LogP contribution in [0.25, 0.3) is 0 Å². The molecule has 0 aliphatic heterocycles. The van der Waals surface area contributed by atoms with Gasteiger partial charge in [-0.15, -0.1) is 0 Å². The molecule has 0 aliphatic rings. The van der Waals surface area contributed by atoms with E-state index in [2.05, 4.69) is 4.98 Å². The van der Waals surface area contributed by atoms with Gasteiger partial charge in [0.05, 0.1) is 19.1 Å². The standard InChI is InChI=1S/C8H7N3O2/c1-6(12)4-11-5-10-3-7(2-9)8(11)13/h3,5H,4H2,1H3. The fourth-order valence-electron chi connectivity index (χ4n) is 0.880. The van der Waals surface area contributed by atoms with Gasteiger partial charge in [0.1, 0.15) is 17.4 Å². The molecule has 5 nitrogen and oxygen atoms in total. The lowest BCUT2D eigenvalue weighted by atomic mass is 10.3. The normalized spacial score (nSPS) is 9.23. The van der Waals surface area contributed by atoms with Crippen LogP contribution in [0.15, 0.2) is 17.3 Å². The maximum absolute atomic E-state index is 11.3. The molecule has 0 atom stereocenters. The summed E-state index contributed by atoms with van der Waals surface area (Å²) >= 11 is 0. The molecule has 0 unspecified atom stereocenters. The summed E-state index contributed by atoms with van der Waals surface area (Å²) in [6.45, 7) is 1.33. The molecule has 0 aromatic carbocycles. The predicted molar refractivity (Wildman–Crippen MR) is 43.9 cm³/mol. The Kier molecular flexibility index (Phi) is 2.55. The highest BCUT2D eigenvalue weighted by Gasteiger charge is 2.03. The van der Waals surface area contributed by atoms with Crippen molar-refractivity contribution in [2.45, 2.75) is 13.5 Å². The summed E-state index contributed by atoms with van der Waals surface area (Å²) in [5.41, 5.74) is -0.531. The first-order chi connectivity index (χ1) is 6.15. The van der Waals surface area contributed by atoms with Crippen molar-refractivity contribution < 1.29 is 4.79 Å². The topological polar surface area (TPSA) is 75.8 Å². The Bertz CT molecular complexity index is 428. The van der Waals surface area contributed by atoms with Crippen molar-refractivity contribution in [3.8, 4) is 6.07 Å². The molecular formula is C8H7N3O2. The molecule has 0 radical (unpaired) electrons. The minimum absolute atomic E-state index is 0.0403. The number of ketones is 1. The van der Waals surface area contributed by atoms with Crippen LogP contribution in [0.3, 0.4) is 0 Å². The second kappa shape index (κ2) is 3.63. The molecule has 1 heterocycles. The molecule has 0 amide bonds. The number of rotatable bonds is 2. The van der Waals surface area contributed by atoms with Crippen molar-refractivity contribution in [2.75, 3.05) is 0 Å². The minimum Gasteiger partial charge on any atom is -0.298 e. The van der Waals surface area contributed by atoms with Gasteiger partial charge in [0.2, 0.25) is 0 Å². The van der Waals surface area contributed by atoms with Crippen LogP contribution < -0.4 is 5.56 Å². The summed E-state index contributed by atoms with van der Waals surface area (Å²) < 4.78 is 1.11. The van der Waals surface area contributed by atoms with E-state index in [1.165, 1.54) is 19.4 Å². The van der Waals surface area contributed by atoms with Gasteiger partial charge in [-0.05, 0) is 6.92 Å². The van der Waals surface area contributed by atoms with Gasteiger partial charge in [0, 0.05) is 0 Å². The third-order valence-corrected chi connectivity index (χ3v) is 1.41. The molecule has 0 aliphatic carbocycles. The summed E-state index contributed by atoms with van der Waals surface area (Å²) in [5.74, 6) is -0.154. The van der Waals surface area contributed by atoms with Crippen molar-refractivity contribution >= 4 is 5.78 Å². The second-order valence-electron chi connectivity index (χ2n) is 2.55. The zero-order valence-corrected chi connectivity index (χ0v) is 7.02. The van der Waals surface area contributed by atoms with E-state index in [9.17, 15) is 9.59 Å². The Morgan fingerprint density at radius 1 is 1.77 bits per heavy atom. The second-order valence-corrected chi connectivity index (χ2v) is 2.55. The van der Waals surface area contributed by atoms with E-state index in [0.29, 0.717) is 0 Å². The van der Waals surface area contributed by atoms with Crippen molar-refractivity contribution in [2.24, 2.45) is 0 Å². The van der Waals surface area contributed by atoms with Crippen LogP contribution in [0.1, 0.15) is 12.5 Å². The lowest BCUT2D eigenvalue weighted by Gasteiger charge is -2.00. The maximum Gasteiger partial charge on any atom is 0.271 e. The molecule has 0 saturated carbocycles. The van der Waals surface area contributed by atoms with Crippen LogP contribution >= 0.6 is 0 Å². The monoisotopic (exact) mass is 177 g/mol. The van der Waals surface area contributed by atoms with E-state index in [4.69, 9.17) is 5.26 Å². The van der Waals surface area contributed by atoms with Crippen LogP contribution in [-0.2, 0) is 11.3 Å². The van der Waals surface area contributed by atoms with Crippen LogP contribution in [0.2, 0.25) is 0 Å². The average Bonchev–Trinajstić information content (AvgIpc) is 2.08. The van der Waals surface area contributed by atoms with Gasteiger partial charge in [0.15, 0.2) is 0 Å². The maximum atomic E-state index is 11.3. The Balaban J connectivity index is 3.18. The molecule has 13 heavy (non-hydrogen) atoms. The Labute approximate surface area is 74.3 Å². The van der Waals surface area contributed by atoms with E-state index in [-0.39, 0.29) is 17.9 Å². The fraction of sp³-hybridized carbons (Fsp3) is 0.250. The summed E-state index contributed by atoms with van der Waals surface area (Å²) in [5, 5.41) is 8.49. The van der Waals surface area contributed by atoms with Crippen LogP contribution in [-0.4, -0.2) is 15.3 Å². The first-order valence-electron chi connectivity index (χ1n) is 3.59. The molecule has 0 saturated heterocycles. The van der Waals surface area contributed by atoms with Gasteiger partial charge in [-0.25, -0.2) is 4.98 Å². The van der Waals surface area contributed by atoms with Gasteiger partial charge in [-0.2, -0.15) is 5.26 Å². The number of nitriles is 1. The van der Waals surface area contributed by atoms with Gasteiger partial charge in [-0.3, -0.25) is 14.2 Å². The molecule has 0 spiro atoms. The fourth-order valence-corrected chi connectivity index (χ4v) is 0.880. The number of carbonyl (C=O) groups is 1. The first-order valence-corrected chi connectivity index (χ1v) is 3.59. The molecule has 1 rings (SSSR count). The Hall–Kier alpha value is -1.96. The Morgan fingerprint density at radius 2 is 2.46 bits per heavy atom. The first kappa shape index (κ1) is 9.13. The summed E-state index contributed by atoms with van der Waals surface area (Å²) in [6, 6.07) is 1.70. The molecular weight excluding hydrogens is 170 g/mol.